The van der Waals surface area contributed by atoms with Crippen molar-refractivity contribution in [3.05, 3.63) is 107 Å². The van der Waals surface area contributed by atoms with E-state index >= 15 is 0 Å². The Labute approximate surface area is 171 Å². The van der Waals surface area contributed by atoms with Gasteiger partial charge in [0.25, 0.3) is 11.5 Å². The summed E-state index contributed by atoms with van der Waals surface area (Å²) in [5.74, 6) is -0.178. The van der Waals surface area contributed by atoms with Crippen LogP contribution in [0.1, 0.15) is 15.9 Å². The molecule has 0 aliphatic rings. The van der Waals surface area contributed by atoms with Crippen LogP contribution in [0.4, 0.5) is 0 Å². The van der Waals surface area contributed by atoms with Gasteiger partial charge in [-0.3, -0.25) is 19.7 Å². The standard InChI is InChI=1S/C24H18N4O2/c29-23(26-14-16-7-3-1-4-8-16)17-11-12-21-19(13-17)22-20(15-25-21)24(30)28(27-22)18-9-5-2-6-10-18/h1-13,15,27H,14H2,(H,26,29). The Morgan fingerprint density at radius 1 is 0.933 bits per heavy atom. The van der Waals surface area contributed by atoms with E-state index in [-0.39, 0.29) is 11.5 Å². The summed E-state index contributed by atoms with van der Waals surface area (Å²) < 4.78 is 1.49. The molecule has 2 aromatic heterocycles. The predicted molar refractivity (Wildman–Crippen MR) is 117 cm³/mol. The van der Waals surface area contributed by atoms with Gasteiger partial charge in [0.1, 0.15) is 0 Å². The summed E-state index contributed by atoms with van der Waals surface area (Å²) in [5, 5.41) is 7.32. The maximum Gasteiger partial charge on any atom is 0.280 e. The molecule has 30 heavy (non-hydrogen) atoms. The molecule has 2 N–H and O–H groups in total. The van der Waals surface area contributed by atoms with E-state index in [9.17, 15) is 9.59 Å². The van der Waals surface area contributed by atoms with Gasteiger partial charge in [0.05, 0.1) is 22.1 Å². The van der Waals surface area contributed by atoms with Crippen molar-refractivity contribution in [2.24, 2.45) is 0 Å². The Hall–Kier alpha value is -4.19. The monoisotopic (exact) mass is 394 g/mol. The van der Waals surface area contributed by atoms with Crippen molar-refractivity contribution < 1.29 is 4.79 Å². The number of para-hydroxylation sites is 1. The lowest BCUT2D eigenvalue weighted by atomic mass is 10.1. The Balaban J connectivity index is 1.55. The summed E-state index contributed by atoms with van der Waals surface area (Å²) in [7, 11) is 0. The van der Waals surface area contributed by atoms with Gasteiger partial charge in [-0.2, -0.15) is 0 Å². The third-order valence-corrected chi connectivity index (χ3v) is 5.10. The summed E-state index contributed by atoms with van der Waals surface area (Å²) in [6.07, 6.45) is 1.57. The molecule has 1 amide bonds. The number of carbonyl (C=O) groups excluding carboxylic acids is 1. The van der Waals surface area contributed by atoms with Crippen LogP contribution in [0.15, 0.2) is 89.9 Å². The molecule has 146 valence electrons. The molecule has 6 nitrogen and oxygen atoms in total. The number of rotatable bonds is 4. The Kier molecular flexibility index (Phi) is 4.37. The number of nitrogens with one attached hydrogen (secondary N) is 2. The van der Waals surface area contributed by atoms with Crippen LogP contribution in [-0.2, 0) is 6.54 Å². The first kappa shape index (κ1) is 17.9. The Bertz CT molecular complexity index is 1420. The van der Waals surface area contributed by atoms with Crippen molar-refractivity contribution in [2.45, 2.75) is 6.54 Å². The highest BCUT2D eigenvalue weighted by atomic mass is 16.1. The van der Waals surface area contributed by atoms with Crippen molar-refractivity contribution >= 4 is 27.7 Å². The Morgan fingerprint density at radius 3 is 2.43 bits per heavy atom. The third kappa shape index (κ3) is 3.14. The van der Waals surface area contributed by atoms with Gasteiger partial charge in [-0.25, -0.2) is 4.68 Å². The highest BCUT2D eigenvalue weighted by Crippen LogP contribution is 2.22. The summed E-state index contributed by atoms with van der Waals surface area (Å²) in [6, 6.07) is 24.4. The van der Waals surface area contributed by atoms with Crippen LogP contribution in [0.5, 0.6) is 0 Å². The van der Waals surface area contributed by atoms with Gasteiger partial charge in [-0.05, 0) is 35.9 Å². The largest absolute Gasteiger partial charge is 0.348 e. The minimum Gasteiger partial charge on any atom is -0.348 e. The molecule has 3 aromatic carbocycles. The number of amides is 1. The van der Waals surface area contributed by atoms with Crippen molar-refractivity contribution in [3.63, 3.8) is 0 Å². The van der Waals surface area contributed by atoms with E-state index in [4.69, 9.17) is 0 Å². The molecule has 0 saturated heterocycles. The highest BCUT2D eigenvalue weighted by molar-refractivity contribution is 6.06. The van der Waals surface area contributed by atoms with Crippen LogP contribution >= 0.6 is 0 Å². The molecule has 0 aliphatic carbocycles. The molecule has 0 fully saturated rings. The summed E-state index contributed by atoms with van der Waals surface area (Å²) in [5.41, 5.74) is 3.48. The van der Waals surface area contributed by atoms with E-state index < -0.39 is 0 Å². The van der Waals surface area contributed by atoms with Crippen LogP contribution in [-0.4, -0.2) is 20.7 Å². The minimum absolute atomic E-state index is 0.176. The summed E-state index contributed by atoms with van der Waals surface area (Å²) in [4.78, 5) is 30.0. The van der Waals surface area contributed by atoms with Crippen LogP contribution in [0, 0.1) is 0 Å². The van der Waals surface area contributed by atoms with E-state index in [0.717, 1.165) is 16.6 Å². The number of nitrogens with zero attached hydrogens (tertiary/aromatic N) is 2. The second-order valence-corrected chi connectivity index (χ2v) is 7.03. The minimum atomic E-state index is -0.178. The van der Waals surface area contributed by atoms with Gasteiger partial charge in [-0.1, -0.05) is 48.5 Å². The van der Waals surface area contributed by atoms with Crippen LogP contribution in [0.2, 0.25) is 0 Å². The topological polar surface area (TPSA) is 79.8 Å². The average molecular weight is 394 g/mol. The van der Waals surface area contributed by atoms with E-state index in [1.807, 2.05) is 60.7 Å². The fraction of sp³-hybridized carbons (Fsp3) is 0.0417. The quantitative estimate of drug-likeness (QED) is 0.487. The van der Waals surface area contributed by atoms with Crippen molar-refractivity contribution in [2.75, 3.05) is 0 Å². The lowest BCUT2D eigenvalue weighted by Gasteiger charge is -2.07. The van der Waals surface area contributed by atoms with Gasteiger partial charge < -0.3 is 5.32 Å². The zero-order valence-corrected chi connectivity index (χ0v) is 16.0. The Morgan fingerprint density at radius 2 is 1.67 bits per heavy atom. The molecule has 0 saturated carbocycles. The van der Waals surface area contributed by atoms with E-state index in [1.54, 1.807) is 24.4 Å². The summed E-state index contributed by atoms with van der Waals surface area (Å²) >= 11 is 0. The number of H-pyrrole nitrogens is 1. The van der Waals surface area contributed by atoms with Gasteiger partial charge >= 0.3 is 0 Å². The molecule has 0 atom stereocenters. The zero-order valence-electron chi connectivity index (χ0n) is 16.0. The molecule has 0 aliphatic heterocycles. The SMILES string of the molecule is O=C(NCc1ccccc1)c1ccc2ncc3c(=O)n(-c4ccccc4)[nH]c3c2c1. The van der Waals surface area contributed by atoms with E-state index in [2.05, 4.69) is 15.4 Å². The molecule has 0 unspecified atom stereocenters. The van der Waals surface area contributed by atoms with E-state index in [1.165, 1.54) is 4.68 Å². The lowest BCUT2D eigenvalue weighted by molar-refractivity contribution is 0.0951. The van der Waals surface area contributed by atoms with Crippen molar-refractivity contribution in [3.8, 4) is 5.69 Å². The van der Waals surface area contributed by atoms with Gasteiger partial charge in [0, 0.05) is 23.7 Å². The average Bonchev–Trinajstić information content (AvgIpc) is 3.15. The smallest absolute Gasteiger partial charge is 0.280 e. The number of carbonyl (C=O) groups is 1. The molecule has 2 heterocycles. The second kappa shape index (κ2) is 7.33. The first-order valence-electron chi connectivity index (χ1n) is 9.62. The second-order valence-electron chi connectivity index (χ2n) is 7.03. The zero-order chi connectivity index (χ0) is 20.5. The molecule has 5 aromatic rings. The molecule has 6 heteroatoms. The molecule has 0 bridgehead atoms. The first-order valence-corrected chi connectivity index (χ1v) is 9.62. The maximum absolute atomic E-state index is 12.9. The van der Waals surface area contributed by atoms with Crippen LogP contribution in [0.3, 0.4) is 0 Å². The number of aromatic amines is 1. The molecular formula is C24H18N4O2. The van der Waals surface area contributed by atoms with Crippen LogP contribution < -0.4 is 10.9 Å². The fourth-order valence-corrected chi connectivity index (χ4v) is 3.54. The van der Waals surface area contributed by atoms with Crippen molar-refractivity contribution in [1.29, 1.82) is 0 Å². The molecule has 0 spiro atoms. The number of hydrogen-bond acceptors (Lipinski definition) is 3. The third-order valence-electron chi connectivity index (χ3n) is 5.10. The van der Waals surface area contributed by atoms with Crippen molar-refractivity contribution in [1.82, 2.24) is 20.1 Å². The predicted octanol–water partition coefficient (Wildman–Crippen LogP) is 3.80. The maximum atomic E-state index is 12.9. The van der Waals surface area contributed by atoms with Gasteiger partial charge in [0.2, 0.25) is 0 Å². The molecule has 0 radical (unpaired) electrons. The number of fused-ring (bicyclic) bond motifs is 3. The van der Waals surface area contributed by atoms with Crippen LogP contribution in [0.25, 0.3) is 27.5 Å². The highest BCUT2D eigenvalue weighted by Gasteiger charge is 2.14. The number of benzene rings is 3. The molecular weight excluding hydrogens is 376 g/mol. The number of aromatic nitrogens is 3. The van der Waals surface area contributed by atoms with Gasteiger partial charge in [-0.15, -0.1) is 0 Å². The first-order chi connectivity index (χ1) is 14.7. The fourth-order valence-electron chi connectivity index (χ4n) is 3.54. The normalized spacial score (nSPS) is 11.1. The van der Waals surface area contributed by atoms with Gasteiger partial charge in [0.15, 0.2) is 0 Å². The number of hydrogen-bond donors (Lipinski definition) is 2. The summed E-state index contributed by atoms with van der Waals surface area (Å²) in [6.45, 7) is 0.446. The molecule has 5 rings (SSSR count). The number of pyridine rings is 1. The lowest BCUT2D eigenvalue weighted by Crippen LogP contribution is -2.22. The van der Waals surface area contributed by atoms with E-state index in [0.29, 0.717) is 28.5 Å².